The number of amides is 1. The molecule has 3 saturated heterocycles. The number of hydrogen-bond donors (Lipinski definition) is 0. The molecule has 1 aromatic heterocycles. The van der Waals surface area contributed by atoms with Crippen LogP contribution in [0.2, 0.25) is 5.02 Å². The number of Topliss-reactive ketones (excluding diaryl/α,β-unsaturated/α-hetero) is 1. The van der Waals surface area contributed by atoms with Crippen molar-refractivity contribution in [1.82, 2.24) is 19.3 Å². The summed E-state index contributed by atoms with van der Waals surface area (Å²) in [5.41, 5.74) is 2.23. The number of carbonyl (C=O) groups excluding carboxylic acids is 2. The van der Waals surface area contributed by atoms with E-state index >= 15 is 0 Å². The number of likely N-dealkylation sites (tertiary alicyclic amines) is 3. The molecule has 3 aliphatic heterocycles. The second-order valence-corrected chi connectivity index (χ2v) is 12.5. The second kappa shape index (κ2) is 13.6. The van der Waals surface area contributed by atoms with Gasteiger partial charge in [-0.1, -0.05) is 42.6 Å². The van der Waals surface area contributed by atoms with Crippen LogP contribution in [0.5, 0.6) is 5.75 Å². The molecule has 0 bridgehead atoms. The highest BCUT2D eigenvalue weighted by Crippen LogP contribution is 2.30. The van der Waals surface area contributed by atoms with Crippen LogP contribution < -0.4 is 4.74 Å². The number of ether oxygens (including phenoxy) is 1. The molecule has 7 nitrogen and oxygen atoms in total. The van der Waals surface area contributed by atoms with Crippen LogP contribution in [0, 0.1) is 0 Å². The van der Waals surface area contributed by atoms with Gasteiger partial charge in [0.05, 0.1) is 11.3 Å². The molecular formula is C34H43ClN4O3. The third-order valence-corrected chi connectivity index (χ3v) is 9.69. The molecule has 4 heterocycles. The van der Waals surface area contributed by atoms with E-state index in [0.717, 1.165) is 68.7 Å². The Bertz CT molecular complexity index is 1370. The highest BCUT2D eigenvalue weighted by atomic mass is 35.5. The normalized spacial score (nSPS) is 19.3. The monoisotopic (exact) mass is 590 g/mol. The number of fused-ring (bicyclic) bond motifs is 1. The Labute approximate surface area is 254 Å². The number of halogens is 1. The molecule has 0 radical (unpaired) electrons. The molecule has 8 heteroatoms. The molecule has 0 aliphatic carbocycles. The number of benzene rings is 2. The molecule has 0 unspecified atom stereocenters. The first-order chi connectivity index (χ1) is 20.6. The smallest absolute Gasteiger partial charge is 0.295 e. The number of nitrogens with zero attached hydrogens (tertiary/aromatic N) is 4. The molecule has 6 rings (SSSR count). The quantitative estimate of drug-likeness (QED) is 0.225. The first-order valence-electron chi connectivity index (χ1n) is 15.9. The number of rotatable bonds is 9. The van der Waals surface area contributed by atoms with Gasteiger partial charge in [-0.05, 0) is 95.0 Å². The Morgan fingerprint density at radius 3 is 2.17 bits per heavy atom. The molecule has 1 amide bonds. The van der Waals surface area contributed by atoms with Crippen molar-refractivity contribution in [2.75, 3.05) is 45.8 Å². The summed E-state index contributed by atoms with van der Waals surface area (Å²) < 4.78 is 8.44. The largest absolute Gasteiger partial charge is 0.487 e. The molecule has 224 valence electrons. The number of aromatic nitrogens is 1. The summed E-state index contributed by atoms with van der Waals surface area (Å²) in [6.45, 7) is 7.63. The lowest BCUT2D eigenvalue weighted by Gasteiger charge is -2.40. The molecule has 0 N–H and O–H groups in total. The van der Waals surface area contributed by atoms with E-state index in [1.54, 1.807) is 17.0 Å². The van der Waals surface area contributed by atoms with Crippen molar-refractivity contribution in [3.05, 3.63) is 64.8 Å². The van der Waals surface area contributed by atoms with Crippen LogP contribution in [-0.2, 0) is 17.9 Å². The van der Waals surface area contributed by atoms with Gasteiger partial charge in [-0.15, -0.1) is 0 Å². The van der Waals surface area contributed by atoms with Crippen LogP contribution in [0.3, 0.4) is 0 Å². The molecule has 0 spiro atoms. The van der Waals surface area contributed by atoms with Crippen molar-refractivity contribution in [2.24, 2.45) is 0 Å². The van der Waals surface area contributed by atoms with E-state index in [4.69, 9.17) is 16.3 Å². The third kappa shape index (κ3) is 6.53. The van der Waals surface area contributed by atoms with Crippen molar-refractivity contribution >= 4 is 34.2 Å². The molecule has 2 aromatic carbocycles. The van der Waals surface area contributed by atoms with E-state index in [9.17, 15) is 9.59 Å². The second-order valence-electron chi connectivity index (χ2n) is 12.1. The van der Waals surface area contributed by atoms with Gasteiger partial charge < -0.3 is 24.0 Å². The summed E-state index contributed by atoms with van der Waals surface area (Å²) >= 11 is 6.10. The van der Waals surface area contributed by atoms with Gasteiger partial charge in [-0.2, -0.15) is 0 Å². The fourth-order valence-electron chi connectivity index (χ4n) is 7.09. The van der Waals surface area contributed by atoms with Gasteiger partial charge in [0.25, 0.3) is 11.7 Å². The van der Waals surface area contributed by atoms with Gasteiger partial charge >= 0.3 is 0 Å². The minimum atomic E-state index is -0.422. The minimum absolute atomic E-state index is 0.196. The van der Waals surface area contributed by atoms with Crippen LogP contribution >= 0.6 is 11.6 Å². The van der Waals surface area contributed by atoms with Gasteiger partial charge in [0.15, 0.2) is 0 Å². The van der Waals surface area contributed by atoms with Crippen molar-refractivity contribution in [3.63, 3.8) is 0 Å². The fourth-order valence-corrected chi connectivity index (χ4v) is 7.22. The number of para-hydroxylation sites is 1. The zero-order valence-corrected chi connectivity index (χ0v) is 25.4. The molecule has 3 aliphatic rings. The first kappa shape index (κ1) is 29.2. The lowest BCUT2D eigenvalue weighted by molar-refractivity contribution is -0.128. The average Bonchev–Trinajstić information content (AvgIpc) is 3.36. The van der Waals surface area contributed by atoms with E-state index in [2.05, 4.69) is 20.4 Å². The third-order valence-electron chi connectivity index (χ3n) is 9.44. The van der Waals surface area contributed by atoms with Gasteiger partial charge in [0, 0.05) is 48.1 Å². The summed E-state index contributed by atoms with van der Waals surface area (Å²) in [4.78, 5) is 34.8. The van der Waals surface area contributed by atoms with E-state index < -0.39 is 11.7 Å². The van der Waals surface area contributed by atoms with E-state index in [-0.39, 0.29) is 6.61 Å². The van der Waals surface area contributed by atoms with Crippen molar-refractivity contribution in [3.8, 4) is 5.75 Å². The summed E-state index contributed by atoms with van der Waals surface area (Å²) in [5.74, 6) is -0.135. The van der Waals surface area contributed by atoms with Crippen LogP contribution in [0.15, 0.2) is 48.5 Å². The number of ketones is 1. The van der Waals surface area contributed by atoms with Gasteiger partial charge in [-0.3, -0.25) is 9.59 Å². The van der Waals surface area contributed by atoms with Crippen LogP contribution in [-0.4, -0.2) is 82.8 Å². The highest BCUT2D eigenvalue weighted by molar-refractivity contribution is 6.45. The lowest BCUT2D eigenvalue weighted by Crippen LogP contribution is -2.49. The van der Waals surface area contributed by atoms with E-state index in [1.165, 1.54) is 38.5 Å². The average molecular weight is 591 g/mol. The predicted octanol–water partition coefficient (Wildman–Crippen LogP) is 6.02. The van der Waals surface area contributed by atoms with E-state index in [1.807, 2.05) is 30.3 Å². The molecule has 42 heavy (non-hydrogen) atoms. The highest BCUT2D eigenvalue weighted by Gasteiger charge is 2.34. The number of carbonyl (C=O) groups is 2. The maximum absolute atomic E-state index is 14.1. The Kier molecular flexibility index (Phi) is 9.47. The zero-order chi connectivity index (χ0) is 28.9. The van der Waals surface area contributed by atoms with E-state index in [0.29, 0.717) is 35.5 Å². The predicted molar refractivity (Wildman–Crippen MR) is 167 cm³/mol. The lowest BCUT2D eigenvalue weighted by atomic mass is 9.98. The number of piperidine rings is 3. The minimum Gasteiger partial charge on any atom is -0.487 e. The summed E-state index contributed by atoms with van der Waals surface area (Å²) in [5, 5.41) is 1.47. The van der Waals surface area contributed by atoms with Gasteiger partial charge in [0.2, 0.25) is 0 Å². The standard InChI is InChI=1S/C34H43ClN4O3/c35-26-11-13-28(14-12-26)42-25-31-32(29-9-3-4-10-30(29)39(31)24-23-36-17-5-1-6-18-36)33(40)34(41)38-21-15-27(16-22-38)37-19-7-2-8-20-37/h3-4,9-14,27H,1-2,5-8,15-25H2. The number of hydrogen-bond acceptors (Lipinski definition) is 5. The maximum atomic E-state index is 14.1. The van der Waals surface area contributed by atoms with Crippen molar-refractivity contribution < 1.29 is 14.3 Å². The fraction of sp³-hybridized carbons (Fsp3) is 0.529. The van der Waals surface area contributed by atoms with Crippen molar-refractivity contribution in [2.45, 2.75) is 70.6 Å². The molecular weight excluding hydrogens is 548 g/mol. The summed E-state index contributed by atoms with van der Waals surface area (Å²) in [6.07, 6.45) is 9.46. The topological polar surface area (TPSA) is 58.0 Å². The zero-order valence-electron chi connectivity index (χ0n) is 24.6. The van der Waals surface area contributed by atoms with Crippen LogP contribution in [0.25, 0.3) is 10.9 Å². The molecule has 0 saturated carbocycles. The molecule has 0 atom stereocenters. The Morgan fingerprint density at radius 1 is 0.786 bits per heavy atom. The maximum Gasteiger partial charge on any atom is 0.295 e. The first-order valence-corrected chi connectivity index (χ1v) is 16.2. The summed E-state index contributed by atoms with van der Waals surface area (Å²) in [7, 11) is 0. The van der Waals surface area contributed by atoms with Crippen LogP contribution in [0.4, 0.5) is 0 Å². The van der Waals surface area contributed by atoms with Gasteiger partial charge in [-0.25, -0.2) is 0 Å². The van der Waals surface area contributed by atoms with Crippen molar-refractivity contribution in [1.29, 1.82) is 0 Å². The summed E-state index contributed by atoms with van der Waals surface area (Å²) in [6, 6.07) is 15.8. The Morgan fingerprint density at radius 2 is 1.45 bits per heavy atom. The molecule has 3 aromatic rings. The SMILES string of the molecule is O=C(C(=O)N1CCC(N2CCCCC2)CC1)c1c(COc2ccc(Cl)cc2)n(CCN2CCCCC2)c2ccccc12. The van der Waals surface area contributed by atoms with Crippen LogP contribution in [0.1, 0.15) is 67.4 Å². The Hall–Kier alpha value is -2.87. The molecule has 3 fully saturated rings. The Balaban J connectivity index is 1.26. The van der Waals surface area contributed by atoms with Gasteiger partial charge in [0.1, 0.15) is 12.4 Å².